The molecule has 1 nitrogen and oxygen atoms in total. The molecule has 1 aliphatic carbocycles. The first-order chi connectivity index (χ1) is 4.87. The molecule has 2 heteroatoms. The molecule has 2 unspecified atom stereocenters. The molecule has 0 aromatic heterocycles. The van der Waals surface area contributed by atoms with Crippen LogP contribution in [-0.4, -0.2) is 18.0 Å². The van der Waals surface area contributed by atoms with Gasteiger partial charge in [-0.3, -0.25) is 0 Å². The number of hydrogen-bond acceptors (Lipinski definition) is 1. The Kier molecular flexibility index (Phi) is 1.77. The lowest BCUT2D eigenvalue weighted by Crippen LogP contribution is -2.26. The van der Waals surface area contributed by atoms with Gasteiger partial charge in [-0.15, -0.1) is 0 Å². The van der Waals surface area contributed by atoms with Crippen LogP contribution in [-0.2, 0) is 4.74 Å². The van der Waals surface area contributed by atoms with Crippen molar-refractivity contribution in [2.24, 2.45) is 5.41 Å². The number of rotatable bonds is 1. The van der Waals surface area contributed by atoms with Crippen LogP contribution >= 0.6 is 15.9 Å². The van der Waals surface area contributed by atoms with E-state index in [2.05, 4.69) is 15.9 Å². The summed E-state index contributed by atoms with van der Waals surface area (Å²) in [7, 11) is 0. The Balaban J connectivity index is 2.15. The Morgan fingerprint density at radius 2 is 2.40 bits per heavy atom. The molecule has 0 aromatic carbocycles. The first kappa shape index (κ1) is 7.11. The van der Waals surface area contributed by atoms with Gasteiger partial charge < -0.3 is 4.74 Å². The standard InChI is InChI=1S/C8H13BrO/c9-6-8-3-1-2-7(8)10-5-4-8/h7H,1-6H2. The fraction of sp³-hybridized carbons (Fsp3) is 1.00. The molecule has 1 saturated heterocycles. The second-order valence-electron chi connectivity index (χ2n) is 3.50. The highest BCUT2D eigenvalue weighted by Crippen LogP contribution is 2.48. The van der Waals surface area contributed by atoms with E-state index >= 15 is 0 Å². The molecule has 2 rings (SSSR count). The summed E-state index contributed by atoms with van der Waals surface area (Å²) in [5, 5.41) is 1.14. The van der Waals surface area contributed by atoms with Crippen LogP contribution in [0.5, 0.6) is 0 Å². The Morgan fingerprint density at radius 3 is 3.10 bits per heavy atom. The maximum Gasteiger partial charge on any atom is 0.0640 e. The average Bonchev–Trinajstić information content (AvgIpc) is 2.42. The van der Waals surface area contributed by atoms with E-state index in [1.165, 1.54) is 25.7 Å². The highest BCUT2D eigenvalue weighted by molar-refractivity contribution is 9.09. The first-order valence-electron chi connectivity index (χ1n) is 4.05. The molecule has 2 aliphatic rings. The molecular weight excluding hydrogens is 192 g/mol. The molecule has 1 heterocycles. The number of alkyl halides is 1. The van der Waals surface area contributed by atoms with Crippen LogP contribution in [0, 0.1) is 5.41 Å². The van der Waals surface area contributed by atoms with Gasteiger partial charge in [0, 0.05) is 17.4 Å². The second-order valence-corrected chi connectivity index (χ2v) is 4.06. The molecular formula is C8H13BrO. The molecule has 0 bridgehead atoms. The largest absolute Gasteiger partial charge is 0.378 e. The number of ether oxygens (including phenoxy) is 1. The van der Waals surface area contributed by atoms with Crippen LogP contribution in [0.4, 0.5) is 0 Å². The molecule has 0 amide bonds. The van der Waals surface area contributed by atoms with Crippen molar-refractivity contribution in [2.75, 3.05) is 11.9 Å². The van der Waals surface area contributed by atoms with Crippen LogP contribution < -0.4 is 0 Å². The third-order valence-corrected chi connectivity index (χ3v) is 4.13. The van der Waals surface area contributed by atoms with Crippen molar-refractivity contribution in [1.82, 2.24) is 0 Å². The van der Waals surface area contributed by atoms with E-state index in [0.717, 1.165) is 11.9 Å². The van der Waals surface area contributed by atoms with Crippen LogP contribution in [0.1, 0.15) is 25.7 Å². The van der Waals surface area contributed by atoms with Crippen LogP contribution in [0.25, 0.3) is 0 Å². The molecule has 0 N–H and O–H groups in total. The summed E-state index contributed by atoms with van der Waals surface area (Å²) in [4.78, 5) is 0. The van der Waals surface area contributed by atoms with Gasteiger partial charge in [-0.25, -0.2) is 0 Å². The lowest BCUT2D eigenvalue weighted by Gasteiger charge is -2.24. The molecule has 0 aromatic rings. The number of fused-ring (bicyclic) bond motifs is 1. The van der Waals surface area contributed by atoms with Crippen molar-refractivity contribution in [3.8, 4) is 0 Å². The first-order valence-corrected chi connectivity index (χ1v) is 5.17. The second kappa shape index (κ2) is 2.49. The fourth-order valence-electron chi connectivity index (χ4n) is 2.28. The van der Waals surface area contributed by atoms with Gasteiger partial charge in [0.15, 0.2) is 0 Å². The van der Waals surface area contributed by atoms with Crippen molar-refractivity contribution >= 4 is 15.9 Å². The quantitative estimate of drug-likeness (QED) is 0.597. The van der Waals surface area contributed by atoms with Crippen LogP contribution in [0.2, 0.25) is 0 Å². The third-order valence-electron chi connectivity index (χ3n) is 3.01. The monoisotopic (exact) mass is 204 g/mol. The molecule has 10 heavy (non-hydrogen) atoms. The van der Waals surface area contributed by atoms with Crippen molar-refractivity contribution in [2.45, 2.75) is 31.8 Å². The fourth-order valence-corrected chi connectivity index (χ4v) is 3.20. The summed E-state index contributed by atoms with van der Waals surface area (Å²) in [5.74, 6) is 0. The Bertz CT molecular complexity index is 125. The number of halogens is 1. The van der Waals surface area contributed by atoms with E-state index in [9.17, 15) is 0 Å². The number of hydrogen-bond donors (Lipinski definition) is 0. The van der Waals surface area contributed by atoms with E-state index in [0.29, 0.717) is 11.5 Å². The maximum absolute atomic E-state index is 5.64. The highest BCUT2D eigenvalue weighted by Gasteiger charge is 2.46. The van der Waals surface area contributed by atoms with E-state index < -0.39 is 0 Å². The summed E-state index contributed by atoms with van der Waals surface area (Å²) in [5.41, 5.74) is 0.542. The van der Waals surface area contributed by atoms with Gasteiger partial charge in [0.1, 0.15) is 0 Å². The lowest BCUT2D eigenvalue weighted by molar-refractivity contribution is 0.0792. The minimum Gasteiger partial charge on any atom is -0.378 e. The van der Waals surface area contributed by atoms with E-state index in [1.807, 2.05) is 0 Å². The topological polar surface area (TPSA) is 9.23 Å². The molecule has 2 fully saturated rings. The summed E-state index contributed by atoms with van der Waals surface area (Å²) in [6, 6.07) is 0. The zero-order valence-electron chi connectivity index (χ0n) is 6.11. The zero-order chi connectivity index (χ0) is 7.03. The van der Waals surface area contributed by atoms with Gasteiger partial charge in [0.05, 0.1) is 6.10 Å². The van der Waals surface area contributed by atoms with Crippen molar-refractivity contribution < 1.29 is 4.74 Å². The van der Waals surface area contributed by atoms with E-state index in [-0.39, 0.29) is 0 Å². The molecule has 1 saturated carbocycles. The lowest BCUT2D eigenvalue weighted by atomic mass is 9.85. The van der Waals surface area contributed by atoms with E-state index in [1.54, 1.807) is 0 Å². The zero-order valence-corrected chi connectivity index (χ0v) is 7.69. The molecule has 0 radical (unpaired) electrons. The normalized spacial score (nSPS) is 45.9. The minimum atomic E-state index is 0.542. The van der Waals surface area contributed by atoms with Gasteiger partial charge in [-0.1, -0.05) is 22.4 Å². The third kappa shape index (κ3) is 0.850. The maximum atomic E-state index is 5.64. The minimum absolute atomic E-state index is 0.542. The average molecular weight is 205 g/mol. The Morgan fingerprint density at radius 1 is 1.50 bits per heavy atom. The molecule has 0 spiro atoms. The van der Waals surface area contributed by atoms with Crippen LogP contribution in [0.3, 0.4) is 0 Å². The van der Waals surface area contributed by atoms with Gasteiger partial charge in [-0.2, -0.15) is 0 Å². The predicted octanol–water partition coefficient (Wildman–Crippen LogP) is 2.34. The van der Waals surface area contributed by atoms with Gasteiger partial charge >= 0.3 is 0 Å². The van der Waals surface area contributed by atoms with Gasteiger partial charge in [-0.05, 0) is 19.3 Å². The van der Waals surface area contributed by atoms with Crippen LogP contribution in [0.15, 0.2) is 0 Å². The summed E-state index contributed by atoms with van der Waals surface area (Å²) >= 11 is 3.59. The highest BCUT2D eigenvalue weighted by atomic mass is 79.9. The van der Waals surface area contributed by atoms with Crippen molar-refractivity contribution in [3.63, 3.8) is 0 Å². The van der Waals surface area contributed by atoms with Gasteiger partial charge in [0.2, 0.25) is 0 Å². The molecule has 1 aliphatic heterocycles. The summed E-state index contributed by atoms with van der Waals surface area (Å²) < 4.78 is 5.64. The SMILES string of the molecule is BrCC12CCCC1OCC2. The predicted molar refractivity (Wildman–Crippen MR) is 44.4 cm³/mol. The van der Waals surface area contributed by atoms with Crippen molar-refractivity contribution in [1.29, 1.82) is 0 Å². The Labute approximate surface area is 70.3 Å². The van der Waals surface area contributed by atoms with Crippen molar-refractivity contribution in [3.05, 3.63) is 0 Å². The summed E-state index contributed by atoms with van der Waals surface area (Å²) in [6.45, 7) is 0.996. The van der Waals surface area contributed by atoms with E-state index in [4.69, 9.17) is 4.74 Å². The summed E-state index contributed by atoms with van der Waals surface area (Å²) in [6.07, 6.45) is 5.92. The Hall–Kier alpha value is 0.440. The van der Waals surface area contributed by atoms with Gasteiger partial charge in [0.25, 0.3) is 0 Å². The smallest absolute Gasteiger partial charge is 0.0640 e. The molecule has 58 valence electrons. The molecule has 2 atom stereocenters.